The smallest absolute Gasteiger partial charge is 0.123 e. The van der Waals surface area contributed by atoms with E-state index in [1.54, 1.807) is 17.4 Å². The van der Waals surface area contributed by atoms with Gasteiger partial charge in [0, 0.05) is 16.6 Å². The van der Waals surface area contributed by atoms with E-state index in [4.69, 9.17) is 28.9 Å². The molecular formula is C11H10Cl2N2S. The zero-order valence-electron chi connectivity index (χ0n) is 8.41. The first-order valence-electron chi connectivity index (χ1n) is 4.81. The second kappa shape index (κ2) is 5.15. The molecule has 0 fully saturated rings. The van der Waals surface area contributed by atoms with Crippen LogP contribution in [0.2, 0.25) is 10.0 Å². The van der Waals surface area contributed by atoms with Crippen LogP contribution in [-0.2, 0) is 6.42 Å². The van der Waals surface area contributed by atoms with E-state index >= 15 is 0 Å². The van der Waals surface area contributed by atoms with E-state index in [1.165, 1.54) is 4.88 Å². The minimum Gasteiger partial charge on any atom is -0.330 e. The lowest BCUT2D eigenvalue weighted by Crippen LogP contribution is -2.00. The lowest BCUT2D eigenvalue weighted by Gasteiger charge is -1.98. The quantitative estimate of drug-likeness (QED) is 0.927. The van der Waals surface area contributed by atoms with E-state index in [-0.39, 0.29) is 0 Å². The van der Waals surface area contributed by atoms with Gasteiger partial charge < -0.3 is 5.73 Å². The lowest BCUT2D eigenvalue weighted by molar-refractivity contribution is 0.984. The van der Waals surface area contributed by atoms with Crippen LogP contribution in [0.4, 0.5) is 0 Å². The van der Waals surface area contributed by atoms with Crippen LogP contribution < -0.4 is 5.73 Å². The van der Waals surface area contributed by atoms with Gasteiger partial charge >= 0.3 is 0 Å². The van der Waals surface area contributed by atoms with Gasteiger partial charge in [0.1, 0.15) is 5.01 Å². The predicted octanol–water partition coefficient (Wildman–Crippen LogP) is 3.62. The van der Waals surface area contributed by atoms with Crippen molar-refractivity contribution in [1.29, 1.82) is 0 Å². The molecule has 2 aromatic rings. The van der Waals surface area contributed by atoms with Gasteiger partial charge in [-0.25, -0.2) is 4.98 Å². The number of rotatable bonds is 3. The summed E-state index contributed by atoms with van der Waals surface area (Å²) in [4.78, 5) is 5.52. The van der Waals surface area contributed by atoms with Gasteiger partial charge in [-0.05, 0) is 25.1 Å². The van der Waals surface area contributed by atoms with Gasteiger partial charge in [0.15, 0.2) is 0 Å². The van der Waals surface area contributed by atoms with E-state index in [2.05, 4.69) is 4.98 Å². The Morgan fingerprint density at radius 3 is 2.75 bits per heavy atom. The molecule has 0 radical (unpaired) electrons. The molecule has 0 aliphatic carbocycles. The van der Waals surface area contributed by atoms with Crippen molar-refractivity contribution in [2.45, 2.75) is 6.42 Å². The summed E-state index contributed by atoms with van der Waals surface area (Å²) < 4.78 is 0. The fourth-order valence-electron chi connectivity index (χ4n) is 1.33. The minimum absolute atomic E-state index is 0.551. The highest BCUT2D eigenvalue weighted by Gasteiger charge is 2.06. The molecule has 0 bridgehead atoms. The van der Waals surface area contributed by atoms with Crippen molar-refractivity contribution in [1.82, 2.24) is 4.98 Å². The summed E-state index contributed by atoms with van der Waals surface area (Å²) in [5, 5.41) is 2.06. The van der Waals surface area contributed by atoms with Crippen LogP contribution in [0.1, 0.15) is 4.88 Å². The standard InChI is InChI=1S/C11H10Cl2N2S/c12-9-2-1-7(5-10(9)13)11-15-6-8(16-11)3-4-14/h1-2,5-6H,3-4,14H2. The fourth-order valence-corrected chi connectivity index (χ4v) is 2.55. The first-order chi connectivity index (χ1) is 7.70. The summed E-state index contributed by atoms with van der Waals surface area (Å²) in [6.07, 6.45) is 2.72. The Balaban J connectivity index is 2.31. The van der Waals surface area contributed by atoms with Gasteiger partial charge in [-0.2, -0.15) is 0 Å². The molecule has 0 amide bonds. The second-order valence-electron chi connectivity index (χ2n) is 3.30. The van der Waals surface area contributed by atoms with Crippen LogP contribution in [0.15, 0.2) is 24.4 Å². The predicted molar refractivity (Wildman–Crippen MR) is 70.3 cm³/mol. The summed E-state index contributed by atoms with van der Waals surface area (Å²) in [7, 11) is 0. The highest BCUT2D eigenvalue weighted by Crippen LogP contribution is 2.30. The third-order valence-corrected chi connectivity index (χ3v) is 3.96. The molecule has 0 spiro atoms. The third kappa shape index (κ3) is 2.55. The molecule has 1 aromatic heterocycles. The number of thiazole rings is 1. The topological polar surface area (TPSA) is 38.9 Å². The molecule has 1 aromatic carbocycles. The molecule has 0 saturated heterocycles. The number of hydrogen-bond donors (Lipinski definition) is 1. The zero-order chi connectivity index (χ0) is 11.5. The van der Waals surface area contributed by atoms with E-state index in [0.717, 1.165) is 17.0 Å². The summed E-state index contributed by atoms with van der Waals surface area (Å²) in [6, 6.07) is 5.53. The molecular weight excluding hydrogens is 263 g/mol. The molecule has 0 saturated carbocycles. The average Bonchev–Trinajstić information content (AvgIpc) is 2.71. The largest absolute Gasteiger partial charge is 0.330 e. The Kier molecular flexibility index (Phi) is 3.82. The van der Waals surface area contributed by atoms with Gasteiger partial charge in [0.25, 0.3) is 0 Å². The first-order valence-corrected chi connectivity index (χ1v) is 6.38. The van der Waals surface area contributed by atoms with Gasteiger partial charge in [0.2, 0.25) is 0 Å². The lowest BCUT2D eigenvalue weighted by atomic mass is 10.2. The van der Waals surface area contributed by atoms with E-state index in [9.17, 15) is 0 Å². The number of nitrogens with zero attached hydrogens (tertiary/aromatic N) is 1. The molecule has 1 heterocycles. The Labute approximate surface area is 108 Å². The maximum absolute atomic E-state index is 5.96. The van der Waals surface area contributed by atoms with Crippen molar-refractivity contribution >= 4 is 34.5 Å². The Morgan fingerprint density at radius 2 is 2.06 bits per heavy atom. The van der Waals surface area contributed by atoms with Crippen molar-refractivity contribution in [3.05, 3.63) is 39.3 Å². The van der Waals surface area contributed by atoms with Crippen molar-refractivity contribution in [3.63, 3.8) is 0 Å². The van der Waals surface area contributed by atoms with Crippen molar-refractivity contribution in [2.24, 2.45) is 5.73 Å². The van der Waals surface area contributed by atoms with Crippen LogP contribution in [0, 0.1) is 0 Å². The molecule has 0 aliphatic heterocycles. The highest BCUT2D eigenvalue weighted by atomic mass is 35.5. The van der Waals surface area contributed by atoms with Gasteiger partial charge in [-0.15, -0.1) is 11.3 Å². The van der Waals surface area contributed by atoms with Crippen LogP contribution in [0.3, 0.4) is 0 Å². The van der Waals surface area contributed by atoms with Crippen molar-refractivity contribution < 1.29 is 0 Å². The number of aromatic nitrogens is 1. The number of nitrogens with two attached hydrogens (primary N) is 1. The van der Waals surface area contributed by atoms with Crippen LogP contribution >= 0.6 is 34.5 Å². The van der Waals surface area contributed by atoms with E-state index < -0.39 is 0 Å². The minimum atomic E-state index is 0.551. The van der Waals surface area contributed by atoms with Crippen LogP contribution in [0.25, 0.3) is 10.6 Å². The SMILES string of the molecule is NCCc1cnc(-c2ccc(Cl)c(Cl)c2)s1. The number of hydrogen-bond acceptors (Lipinski definition) is 3. The molecule has 16 heavy (non-hydrogen) atoms. The summed E-state index contributed by atoms with van der Waals surface area (Å²) in [5.74, 6) is 0. The first kappa shape index (κ1) is 11.9. The molecule has 0 atom stereocenters. The fraction of sp³-hybridized carbons (Fsp3) is 0.182. The second-order valence-corrected chi connectivity index (χ2v) is 5.23. The van der Waals surface area contributed by atoms with Crippen LogP contribution in [0.5, 0.6) is 0 Å². The summed E-state index contributed by atoms with van der Waals surface area (Å²) in [5.41, 5.74) is 6.48. The molecule has 2 N–H and O–H groups in total. The number of benzene rings is 1. The molecule has 0 unspecified atom stereocenters. The van der Waals surface area contributed by atoms with Gasteiger partial charge in [-0.1, -0.05) is 29.3 Å². The van der Waals surface area contributed by atoms with E-state index in [1.807, 2.05) is 18.3 Å². The van der Waals surface area contributed by atoms with Crippen LogP contribution in [-0.4, -0.2) is 11.5 Å². The Bertz CT molecular complexity index is 496. The normalized spacial score (nSPS) is 10.7. The number of halogens is 2. The summed E-state index contributed by atoms with van der Waals surface area (Å²) >= 11 is 13.4. The zero-order valence-corrected chi connectivity index (χ0v) is 10.7. The van der Waals surface area contributed by atoms with Gasteiger partial charge in [-0.3, -0.25) is 0 Å². The molecule has 2 rings (SSSR count). The van der Waals surface area contributed by atoms with E-state index in [0.29, 0.717) is 16.6 Å². The molecule has 0 aliphatic rings. The summed E-state index contributed by atoms with van der Waals surface area (Å²) in [6.45, 7) is 0.642. The van der Waals surface area contributed by atoms with Crippen molar-refractivity contribution in [3.8, 4) is 10.6 Å². The maximum Gasteiger partial charge on any atom is 0.123 e. The molecule has 84 valence electrons. The highest BCUT2D eigenvalue weighted by molar-refractivity contribution is 7.15. The molecule has 2 nitrogen and oxygen atoms in total. The Morgan fingerprint density at radius 1 is 1.25 bits per heavy atom. The molecule has 5 heteroatoms. The maximum atomic E-state index is 5.96. The third-order valence-electron chi connectivity index (χ3n) is 2.11. The van der Waals surface area contributed by atoms with Gasteiger partial charge in [0.05, 0.1) is 10.0 Å². The Hall–Kier alpha value is -0.610. The van der Waals surface area contributed by atoms with Crippen molar-refractivity contribution in [2.75, 3.05) is 6.54 Å². The monoisotopic (exact) mass is 272 g/mol. The average molecular weight is 273 g/mol.